The third-order valence-electron chi connectivity index (χ3n) is 8.86. The van der Waals surface area contributed by atoms with Crippen LogP contribution < -0.4 is 0 Å². The molecule has 4 aliphatic rings. The lowest BCUT2D eigenvalue weighted by molar-refractivity contribution is -0.128. The standard InChI is InChI=1S/C22H34O2/c1-13-11-19-17-6-5-15-12-16(24)7-9-21(15,3)18(17)8-10-22(19,4)20(13)14(2)23/h5,13,16-20,24H,6-12H2,1-4H3/t13-,16-,17?,18?,19?,20+,21-,22-/m0/s1. The number of hydrogen-bond acceptors (Lipinski definition) is 2. The monoisotopic (exact) mass is 330 g/mol. The second kappa shape index (κ2) is 5.43. The lowest BCUT2D eigenvalue weighted by Crippen LogP contribution is -2.51. The Kier molecular flexibility index (Phi) is 3.81. The molecule has 3 unspecified atom stereocenters. The van der Waals surface area contributed by atoms with E-state index in [2.05, 4.69) is 26.8 Å². The van der Waals surface area contributed by atoms with Crippen LogP contribution >= 0.6 is 0 Å². The number of aliphatic hydroxyl groups excluding tert-OH is 1. The third-order valence-corrected chi connectivity index (χ3v) is 8.86. The molecule has 2 heteroatoms. The maximum atomic E-state index is 12.4. The summed E-state index contributed by atoms with van der Waals surface area (Å²) < 4.78 is 0. The van der Waals surface area contributed by atoms with Gasteiger partial charge in [0.15, 0.2) is 0 Å². The van der Waals surface area contributed by atoms with E-state index in [0.29, 0.717) is 23.0 Å². The molecular weight excluding hydrogens is 296 g/mol. The minimum absolute atomic E-state index is 0.122. The largest absolute Gasteiger partial charge is 0.393 e. The molecule has 4 aliphatic carbocycles. The Hall–Kier alpha value is -0.630. The predicted molar refractivity (Wildman–Crippen MR) is 96.4 cm³/mol. The summed E-state index contributed by atoms with van der Waals surface area (Å²) in [5, 5.41) is 10.1. The minimum Gasteiger partial charge on any atom is -0.393 e. The highest BCUT2D eigenvalue weighted by Gasteiger charge is 2.61. The molecule has 0 spiro atoms. The van der Waals surface area contributed by atoms with Gasteiger partial charge in [0.2, 0.25) is 0 Å². The van der Waals surface area contributed by atoms with Gasteiger partial charge in [0.05, 0.1) is 6.10 Å². The van der Waals surface area contributed by atoms with Crippen LogP contribution in [-0.4, -0.2) is 17.0 Å². The summed E-state index contributed by atoms with van der Waals surface area (Å²) in [6.07, 6.45) is 10.3. The molecule has 8 atom stereocenters. The van der Waals surface area contributed by atoms with Crippen LogP contribution in [0.25, 0.3) is 0 Å². The molecule has 3 fully saturated rings. The molecule has 0 saturated heterocycles. The third kappa shape index (κ3) is 2.14. The normalized spacial score (nSPS) is 53.6. The van der Waals surface area contributed by atoms with Crippen molar-refractivity contribution in [2.75, 3.05) is 0 Å². The molecule has 0 aromatic carbocycles. The van der Waals surface area contributed by atoms with Gasteiger partial charge >= 0.3 is 0 Å². The zero-order valence-electron chi connectivity index (χ0n) is 15.8. The number of carbonyl (C=O) groups is 1. The lowest BCUT2D eigenvalue weighted by atomic mass is 9.47. The van der Waals surface area contributed by atoms with Crippen molar-refractivity contribution in [1.29, 1.82) is 0 Å². The Morgan fingerprint density at radius 3 is 2.67 bits per heavy atom. The van der Waals surface area contributed by atoms with Crippen LogP contribution in [-0.2, 0) is 4.79 Å². The van der Waals surface area contributed by atoms with E-state index >= 15 is 0 Å². The number of ketones is 1. The highest BCUT2D eigenvalue weighted by atomic mass is 16.3. The van der Waals surface area contributed by atoms with Gasteiger partial charge in [-0.15, -0.1) is 0 Å². The van der Waals surface area contributed by atoms with Crippen molar-refractivity contribution in [2.24, 2.45) is 40.4 Å². The first-order valence-corrected chi connectivity index (χ1v) is 10.2. The van der Waals surface area contributed by atoms with Gasteiger partial charge in [0, 0.05) is 5.92 Å². The van der Waals surface area contributed by atoms with Crippen molar-refractivity contribution in [3.8, 4) is 0 Å². The van der Waals surface area contributed by atoms with Crippen molar-refractivity contribution in [1.82, 2.24) is 0 Å². The average Bonchev–Trinajstić information content (AvgIpc) is 2.78. The molecule has 4 rings (SSSR count). The fourth-order valence-electron chi connectivity index (χ4n) is 7.87. The number of Topliss-reactive ketones (excluding diaryl/α,β-unsaturated/α-hetero) is 1. The molecule has 0 heterocycles. The van der Waals surface area contributed by atoms with Gasteiger partial charge in [-0.2, -0.15) is 0 Å². The number of rotatable bonds is 1. The maximum absolute atomic E-state index is 12.4. The first-order chi connectivity index (χ1) is 11.3. The fraction of sp³-hybridized carbons (Fsp3) is 0.864. The highest BCUT2D eigenvalue weighted by molar-refractivity contribution is 5.80. The zero-order chi connectivity index (χ0) is 17.3. The first kappa shape index (κ1) is 16.8. The molecule has 2 nitrogen and oxygen atoms in total. The molecule has 0 radical (unpaired) electrons. The second-order valence-corrected chi connectivity index (χ2v) is 10.0. The predicted octanol–water partition coefficient (Wildman–Crippen LogP) is 4.76. The van der Waals surface area contributed by atoms with Gasteiger partial charge in [-0.05, 0) is 86.4 Å². The molecule has 0 aromatic heterocycles. The van der Waals surface area contributed by atoms with Crippen molar-refractivity contribution >= 4 is 5.78 Å². The van der Waals surface area contributed by atoms with Gasteiger partial charge in [0.1, 0.15) is 5.78 Å². The van der Waals surface area contributed by atoms with Crippen molar-refractivity contribution in [2.45, 2.75) is 78.7 Å². The summed E-state index contributed by atoms with van der Waals surface area (Å²) in [7, 11) is 0. The summed E-state index contributed by atoms with van der Waals surface area (Å²) in [6, 6.07) is 0. The number of fused-ring (bicyclic) bond motifs is 5. The lowest BCUT2D eigenvalue weighted by Gasteiger charge is -2.57. The van der Waals surface area contributed by atoms with Crippen LogP contribution in [0.15, 0.2) is 11.6 Å². The van der Waals surface area contributed by atoms with E-state index in [1.807, 2.05) is 6.92 Å². The summed E-state index contributed by atoms with van der Waals surface area (Å²) in [6.45, 7) is 9.04. The van der Waals surface area contributed by atoms with Crippen LogP contribution in [0, 0.1) is 40.4 Å². The van der Waals surface area contributed by atoms with Crippen molar-refractivity contribution in [3.63, 3.8) is 0 Å². The van der Waals surface area contributed by atoms with Gasteiger partial charge in [-0.1, -0.05) is 32.4 Å². The van der Waals surface area contributed by atoms with E-state index in [4.69, 9.17) is 0 Å². The van der Waals surface area contributed by atoms with Crippen LogP contribution in [0.1, 0.15) is 72.6 Å². The maximum Gasteiger partial charge on any atom is 0.133 e. The molecule has 134 valence electrons. The summed E-state index contributed by atoms with van der Waals surface area (Å²) in [5.41, 5.74) is 2.07. The molecule has 0 amide bonds. The fourth-order valence-corrected chi connectivity index (χ4v) is 7.87. The zero-order valence-corrected chi connectivity index (χ0v) is 15.8. The van der Waals surface area contributed by atoms with Gasteiger partial charge in [-0.3, -0.25) is 4.79 Å². The summed E-state index contributed by atoms with van der Waals surface area (Å²) in [4.78, 5) is 12.4. The molecule has 1 N–H and O–H groups in total. The Labute approximate surface area is 147 Å². The number of allylic oxidation sites excluding steroid dienone is 1. The van der Waals surface area contributed by atoms with Crippen LogP contribution in [0.2, 0.25) is 0 Å². The molecule has 0 aromatic rings. The van der Waals surface area contributed by atoms with Crippen molar-refractivity contribution < 1.29 is 9.90 Å². The van der Waals surface area contributed by atoms with Crippen LogP contribution in [0.5, 0.6) is 0 Å². The second-order valence-electron chi connectivity index (χ2n) is 10.0. The van der Waals surface area contributed by atoms with E-state index in [-0.39, 0.29) is 17.4 Å². The average molecular weight is 331 g/mol. The SMILES string of the molecule is CC(=O)[C@H]1[C@@H](C)CC2C3CC=C4C[C@@H](O)CC[C@]4(C)C3CC[C@@]21C. The summed E-state index contributed by atoms with van der Waals surface area (Å²) >= 11 is 0. The smallest absolute Gasteiger partial charge is 0.133 e. The number of carbonyl (C=O) groups excluding carboxylic acids is 1. The van der Waals surface area contributed by atoms with Gasteiger partial charge < -0.3 is 5.11 Å². The summed E-state index contributed by atoms with van der Waals surface area (Å²) in [5.74, 6) is 3.46. The van der Waals surface area contributed by atoms with Gasteiger partial charge in [-0.25, -0.2) is 0 Å². The van der Waals surface area contributed by atoms with Crippen LogP contribution in [0.3, 0.4) is 0 Å². The first-order valence-electron chi connectivity index (χ1n) is 10.2. The van der Waals surface area contributed by atoms with E-state index in [1.54, 1.807) is 5.57 Å². The van der Waals surface area contributed by atoms with Crippen molar-refractivity contribution in [3.05, 3.63) is 11.6 Å². The van der Waals surface area contributed by atoms with Crippen LogP contribution in [0.4, 0.5) is 0 Å². The van der Waals surface area contributed by atoms with E-state index in [0.717, 1.165) is 31.1 Å². The molecule has 24 heavy (non-hydrogen) atoms. The Morgan fingerprint density at radius 1 is 1.21 bits per heavy atom. The Bertz CT molecular complexity index is 579. The quantitative estimate of drug-likeness (QED) is 0.704. The molecule has 0 bridgehead atoms. The van der Waals surface area contributed by atoms with E-state index < -0.39 is 0 Å². The molecule has 0 aliphatic heterocycles. The molecule has 3 saturated carbocycles. The Balaban J connectivity index is 1.68. The Morgan fingerprint density at radius 2 is 1.96 bits per heavy atom. The van der Waals surface area contributed by atoms with E-state index in [9.17, 15) is 9.90 Å². The highest BCUT2D eigenvalue weighted by Crippen LogP contribution is 2.67. The number of aliphatic hydroxyl groups is 1. The minimum atomic E-state index is -0.122. The topological polar surface area (TPSA) is 37.3 Å². The van der Waals surface area contributed by atoms with Gasteiger partial charge in [0.25, 0.3) is 0 Å². The number of hydrogen-bond donors (Lipinski definition) is 1. The van der Waals surface area contributed by atoms with E-state index in [1.165, 1.54) is 25.7 Å². The molecular formula is C22H34O2.